The Morgan fingerprint density at radius 1 is 0.706 bits per heavy atom. The SMILES string of the molecule is c1cc2ccc3c4c5cc(cc(c5)c(c1)c24)C3. The molecule has 1 aliphatic rings. The van der Waals surface area contributed by atoms with Crippen LogP contribution in [0.5, 0.6) is 0 Å². The molecule has 0 saturated heterocycles. The average molecular weight is 214 g/mol. The van der Waals surface area contributed by atoms with Crippen molar-refractivity contribution in [2.45, 2.75) is 6.42 Å². The van der Waals surface area contributed by atoms with Gasteiger partial charge in [-0.2, -0.15) is 0 Å². The van der Waals surface area contributed by atoms with Gasteiger partial charge in [0.05, 0.1) is 0 Å². The normalized spacial score (nSPS) is 13.6. The van der Waals surface area contributed by atoms with Gasteiger partial charge in [-0.3, -0.25) is 0 Å². The fourth-order valence-electron chi connectivity index (χ4n) is 3.45. The van der Waals surface area contributed by atoms with Crippen LogP contribution in [-0.4, -0.2) is 0 Å². The predicted octanol–water partition coefficient (Wildman–Crippen LogP) is 4.49. The fraction of sp³-hybridized carbons (Fsp3) is 0.0588. The van der Waals surface area contributed by atoms with Crippen LogP contribution in [0.4, 0.5) is 0 Å². The van der Waals surface area contributed by atoms with Gasteiger partial charge >= 0.3 is 0 Å². The molecule has 0 amide bonds. The molecule has 0 N–H and O–H groups in total. The van der Waals surface area contributed by atoms with Crippen molar-refractivity contribution >= 4 is 32.3 Å². The standard InChI is InChI=1S/C17H10/c1-2-11-4-5-12-6-10-7-13-9-14(8-10)16(12)17(11)15(13)3-1/h1-5,7-9H,6H2. The van der Waals surface area contributed by atoms with E-state index in [1.165, 1.54) is 43.4 Å². The van der Waals surface area contributed by atoms with Gasteiger partial charge in [0.2, 0.25) is 0 Å². The summed E-state index contributed by atoms with van der Waals surface area (Å²) in [6, 6.07) is 18.2. The maximum absolute atomic E-state index is 2.35. The van der Waals surface area contributed by atoms with E-state index in [0.717, 1.165) is 6.42 Å². The molecule has 0 spiro atoms. The van der Waals surface area contributed by atoms with Gasteiger partial charge in [0.15, 0.2) is 0 Å². The van der Waals surface area contributed by atoms with Gasteiger partial charge in [0.1, 0.15) is 0 Å². The summed E-state index contributed by atoms with van der Waals surface area (Å²) in [6.45, 7) is 0. The summed E-state index contributed by atoms with van der Waals surface area (Å²) in [5.74, 6) is 0. The van der Waals surface area contributed by atoms with E-state index in [1.807, 2.05) is 0 Å². The molecule has 0 aromatic heterocycles. The number of fused-ring (bicyclic) bond motifs is 3. The third kappa shape index (κ3) is 0.826. The number of rotatable bonds is 0. The highest BCUT2D eigenvalue weighted by atomic mass is 14.2. The second kappa shape index (κ2) is 2.43. The van der Waals surface area contributed by atoms with Crippen molar-refractivity contribution in [3.63, 3.8) is 0 Å². The number of benzene rings is 4. The van der Waals surface area contributed by atoms with Gasteiger partial charge in [-0.25, -0.2) is 0 Å². The fourth-order valence-corrected chi connectivity index (χ4v) is 3.45. The first-order chi connectivity index (χ1) is 8.40. The van der Waals surface area contributed by atoms with Gasteiger partial charge in [0.25, 0.3) is 0 Å². The van der Waals surface area contributed by atoms with E-state index >= 15 is 0 Å². The average Bonchev–Trinajstić information content (AvgIpc) is 2.35. The summed E-state index contributed by atoms with van der Waals surface area (Å²) in [7, 11) is 0. The third-order valence-corrected chi connectivity index (χ3v) is 4.12. The lowest BCUT2D eigenvalue weighted by Gasteiger charge is -2.20. The quantitative estimate of drug-likeness (QED) is 0.356. The smallest absolute Gasteiger partial charge is 0.00189 e. The van der Waals surface area contributed by atoms with Crippen molar-refractivity contribution in [1.82, 2.24) is 0 Å². The zero-order valence-electron chi connectivity index (χ0n) is 9.33. The minimum atomic E-state index is 1.10. The van der Waals surface area contributed by atoms with E-state index in [4.69, 9.17) is 0 Å². The van der Waals surface area contributed by atoms with Gasteiger partial charge < -0.3 is 0 Å². The highest BCUT2D eigenvalue weighted by molar-refractivity contribution is 6.24. The number of hydrogen-bond acceptors (Lipinski definition) is 0. The zero-order valence-corrected chi connectivity index (χ0v) is 9.33. The molecule has 0 unspecified atom stereocenters. The summed E-state index contributed by atoms with van der Waals surface area (Å²) in [5, 5.41) is 8.54. The van der Waals surface area contributed by atoms with Crippen LogP contribution in [0.2, 0.25) is 0 Å². The molecule has 0 heterocycles. The molecule has 1 aliphatic carbocycles. The van der Waals surface area contributed by atoms with E-state index in [1.54, 1.807) is 0 Å². The van der Waals surface area contributed by atoms with E-state index in [9.17, 15) is 0 Å². The summed E-state index contributed by atoms with van der Waals surface area (Å²) >= 11 is 0. The molecule has 17 heavy (non-hydrogen) atoms. The Labute approximate surface area is 98.8 Å². The van der Waals surface area contributed by atoms with Crippen LogP contribution in [0.3, 0.4) is 0 Å². The first-order valence-electron chi connectivity index (χ1n) is 6.09. The Morgan fingerprint density at radius 2 is 1.65 bits per heavy atom. The first-order valence-corrected chi connectivity index (χ1v) is 6.09. The van der Waals surface area contributed by atoms with Crippen molar-refractivity contribution < 1.29 is 0 Å². The molecule has 0 aliphatic heterocycles. The topological polar surface area (TPSA) is 0 Å². The van der Waals surface area contributed by atoms with Crippen molar-refractivity contribution in [2.75, 3.05) is 0 Å². The van der Waals surface area contributed by atoms with Crippen LogP contribution < -0.4 is 0 Å². The Balaban J connectivity index is 2.35. The number of hydrogen-bond donors (Lipinski definition) is 0. The predicted molar refractivity (Wildman–Crippen MR) is 73.0 cm³/mol. The molecule has 5 rings (SSSR count). The lowest BCUT2D eigenvalue weighted by Crippen LogP contribution is -1.98. The van der Waals surface area contributed by atoms with Crippen molar-refractivity contribution in [2.24, 2.45) is 0 Å². The second-order valence-corrected chi connectivity index (χ2v) is 5.10. The van der Waals surface area contributed by atoms with Crippen LogP contribution >= 0.6 is 0 Å². The minimum absolute atomic E-state index is 1.10. The summed E-state index contributed by atoms with van der Waals surface area (Å²) in [4.78, 5) is 0. The Hall–Kier alpha value is -2.08. The van der Waals surface area contributed by atoms with Crippen LogP contribution in [0.15, 0.2) is 48.5 Å². The van der Waals surface area contributed by atoms with E-state index in [0.29, 0.717) is 0 Å². The van der Waals surface area contributed by atoms with E-state index < -0.39 is 0 Å². The van der Waals surface area contributed by atoms with Gasteiger partial charge in [-0.15, -0.1) is 0 Å². The molecule has 0 radical (unpaired) electrons. The Kier molecular flexibility index (Phi) is 1.15. The highest BCUT2D eigenvalue weighted by Crippen LogP contribution is 2.40. The molecule has 3 bridgehead atoms. The van der Waals surface area contributed by atoms with Crippen LogP contribution in [0.25, 0.3) is 32.3 Å². The van der Waals surface area contributed by atoms with Gasteiger partial charge in [-0.05, 0) is 55.9 Å². The largest absolute Gasteiger partial charge is 0.0610 e. The molecular weight excluding hydrogens is 204 g/mol. The molecule has 4 aromatic carbocycles. The van der Waals surface area contributed by atoms with Gasteiger partial charge in [-0.1, -0.05) is 42.5 Å². The summed E-state index contributed by atoms with van der Waals surface area (Å²) in [6.07, 6.45) is 1.10. The molecule has 0 saturated carbocycles. The van der Waals surface area contributed by atoms with E-state index in [-0.39, 0.29) is 0 Å². The molecule has 78 valence electrons. The molecule has 0 heteroatoms. The summed E-state index contributed by atoms with van der Waals surface area (Å²) in [5.41, 5.74) is 2.95. The first kappa shape index (κ1) is 8.08. The van der Waals surface area contributed by atoms with Crippen molar-refractivity contribution in [3.8, 4) is 0 Å². The highest BCUT2D eigenvalue weighted by Gasteiger charge is 2.16. The molecule has 4 aromatic rings. The lowest BCUT2D eigenvalue weighted by molar-refractivity contribution is 1.21. The molecular formula is C17H10. The van der Waals surface area contributed by atoms with Gasteiger partial charge in [0, 0.05) is 0 Å². The van der Waals surface area contributed by atoms with Crippen LogP contribution in [0.1, 0.15) is 11.1 Å². The van der Waals surface area contributed by atoms with E-state index in [2.05, 4.69) is 48.5 Å². The maximum Gasteiger partial charge on any atom is -0.00189 e. The maximum atomic E-state index is 2.35. The molecule has 0 atom stereocenters. The molecule has 0 nitrogen and oxygen atoms in total. The minimum Gasteiger partial charge on any atom is -0.0610 e. The monoisotopic (exact) mass is 214 g/mol. The second-order valence-electron chi connectivity index (χ2n) is 5.10. The summed E-state index contributed by atoms with van der Waals surface area (Å²) < 4.78 is 0. The third-order valence-electron chi connectivity index (χ3n) is 4.12. The lowest BCUT2D eigenvalue weighted by atomic mass is 9.84. The Bertz CT molecular complexity index is 899. The van der Waals surface area contributed by atoms with Crippen molar-refractivity contribution in [1.29, 1.82) is 0 Å². The van der Waals surface area contributed by atoms with Crippen molar-refractivity contribution in [3.05, 3.63) is 59.7 Å². The van der Waals surface area contributed by atoms with Crippen LogP contribution in [0, 0.1) is 0 Å². The Morgan fingerprint density at radius 3 is 2.65 bits per heavy atom. The molecule has 0 fully saturated rings. The van der Waals surface area contributed by atoms with Crippen LogP contribution in [-0.2, 0) is 6.42 Å². The zero-order chi connectivity index (χ0) is 11.0.